The molecule has 0 radical (unpaired) electrons. The van der Waals surface area contributed by atoms with Gasteiger partial charge < -0.3 is 10.6 Å². The van der Waals surface area contributed by atoms with E-state index in [4.69, 9.17) is 11.6 Å². The van der Waals surface area contributed by atoms with Crippen LogP contribution >= 0.6 is 24.4 Å². The zero-order valence-corrected chi connectivity index (χ0v) is 18.0. The maximum Gasteiger partial charge on any atom is 0.418 e. The molecule has 0 spiro atoms. The van der Waals surface area contributed by atoms with Crippen LogP contribution in [0.15, 0.2) is 78.9 Å². The quantitative estimate of drug-likeness (QED) is 0.370. The minimum absolute atomic E-state index is 0.280. The van der Waals surface area contributed by atoms with Crippen molar-refractivity contribution in [2.24, 2.45) is 0 Å². The molecule has 3 rings (SSSR count). The van der Waals surface area contributed by atoms with Crippen molar-refractivity contribution in [2.45, 2.75) is 12.2 Å². The van der Waals surface area contributed by atoms with Crippen molar-refractivity contribution < 1.29 is 22.8 Å². The van der Waals surface area contributed by atoms with Gasteiger partial charge in [-0.3, -0.25) is 9.10 Å². The molecule has 1 unspecified atom stereocenters. The highest BCUT2D eigenvalue weighted by Crippen LogP contribution is 2.35. The molecule has 32 heavy (non-hydrogen) atoms. The number of hydrogen-bond donors (Lipinski definition) is 3. The first kappa shape index (κ1) is 23.5. The second-order valence-electron chi connectivity index (χ2n) is 6.60. The molecule has 3 amide bonds. The molecule has 0 bridgehead atoms. The summed E-state index contributed by atoms with van der Waals surface area (Å²) in [5.41, 5.74) is -0.773. The van der Waals surface area contributed by atoms with Crippen LogP contribution in [0.2, 0.25) is 5.02 Å². The van der Waals surface area contributed by atoms with E-state index >= 15 is 0 Å². The van der Waals surface area contributed by atoms with Gasteiger partial charge in [0.05, 0.1) is 22.0 Å². The number of nitrogens with zero attached hydrogens (tertiary/aromatic N) is 1. The van der Waals surface area contributed by atoms with Crippen molar-refractivity contribution in [3.63, 3.8) is 0 Å². The molecule has 0 aliphatic heterocycles. The van der Waals surface area contributed by atoms with E-state index < -0.39 is 35.4 Å². The van der Waals surface area contributed by atoms with Crippen molar-refractivity contribution >= 4 is 47.7 Å². The number of benzene rings is 3. The minimum Gasteiger partial charge on any atom is -0.323 e. The van der Waals surface area contributed by atoms with Gasteiger partial charge in [0.2, 0.25) is 0 Å². The Bertz CT molecular complexity index is 1110. The Kier molecular flexibility index (Phi) is 7.32. The Hall–Kier alpha value is -3.17. The lowest BCUT2D eigenvalue weighted by Gasteiger charge is -2.27. The normalized spacial score (nSPS) is 12.0. The number of carbonyl (C=O) groups is 2. The van der Waals surface area contributed by atoms with Crippen LogP contribution in [-0.2, 0) is 11.0 Å². The fourth-order valence-corrected chi connectivity index (χ4v) is 3.40. The summed E-state index contributed by atoms with van der Waals surface area (Å²) in [5.74, 6) is -0.654. The third kappa shape index (κ3) is 5.54. The lowest BCUT2D eigenvalue weighted by Crippen LogP contribution is -2.38. The fourth-order valence-electron chi connectivity index (χ4n) is 2.93. The van der Waals surface area contributed by atoms with Gasteiger partial charge in [-0.15, -0.1) is 0 Å². The molecule has 5 nitrogen and oxygen atoms in total. The second-order valence-corrected chi connectivity index (χ2v) is 7.44. The van der Waals surface area contributed by atoms with Gasteiger partial charge in [-0.05, 0) is 29.8 Å². The van der Waals surface area contributed by atoms with E-state index in [1.165, 1.54) is 12.1 Å². The third-order valence-corrected chi connectivity index (χ3v) is 5.16. The van der Waals surface area contributed by atoms with Crippen molar-refractivity contribution in [3.8, 4) is 0 Å². The molecule has 166 valence electrons. The van der Waals surface area contributed by atoms with Gasteiger partial charge in [0, 0.05) is 0 Å². The number of carbonyl (C=O) groups excluding carboxylic acids is 2. The summed E-state index contributed by atoms with van der Waals surface area (Å²) in [5, 5.41) is 5.08. The van der Waals surface area contributed by atoms with Crippen molar-refractivity contribution in [1.82, 2.24) is 4.31 Å². The van der Waals surface area contributed by atoms with Crippen LogP contribution in [0.4, 0.5) is 29.3 Å². The molecule has 0 aromatic heterocycles. The van der Waals surface area contributed by atoms with E-state index in [0.29, 0.717) is 11.3 Å². The highest BCUT2D eigenvalue weighted by Gasteiger charge is 2.35. The number of anilines is 2. The Morgan fingerprint density at radius 2 is 1.41 bits per heavy atom. The fraction of sp³-hybridized carbons (Fsp3) is 0.0909. The van der Waals surface area contributed by atoms with Crippen molar-refractivity contribution in [3.05, 3.63) is 95.0 Å². The molecule has 0 aliphatic rings. The lowest BCUT2D eigenvalue weighted by molar-refractivity contribution is -0.137. The summed E-state index contributed by atoms with van der Waals surface area (Å²) >= 11 is 10.2. The van der Waals surface area contributed by atoms with E-state index in [1.54, 1.807) is 54.6 Å². The number of alkyl halides is 3. The summed E-state index contributed by atoms with van der Waals surface area (Å²) in [7, 11) is 0. The van der Waals surface area contributed by atoms with Crippen LogP contribution in [0, 0.1) is 0 Å². The predicted molar refractivity (Wildman–Crippen MR) is 121 cm³/mol. The molecule has 1 atom stereocenters. The van der Waals surface area contributed by atoms with E-state index in [-0.39, 0.29) is 5.02 Å². The maximum absolute atomic E-state index is 13.3. The van der Waals surface area contributed by atoms with Crippen LogP contribution < -0.4 is 10.6 Å². The van der Waals surface area contributed by atoms with Crippen LogP contribution in [-0.4, -0.2) is 16.2 Å². The molecular formula is C22H17ClF3N3O2S. The number of rotatable bonds is 5. The summed E-state index contributed by atoms with van der Waals surface area (Å²) in [6, 6.07) is 17.0. The molecule has 0 saturated carbocycles. The first-order chi connectivity index (χ1) is 15.2. The summed E-state index contributed by atoms with van der Waals surface area (Å²) < 4.78 is 40.5. The number of hydrogen-bond acceptors (Lipinski definition) is 3. The first-order valence-electron chi connectivity index (χ1n) is 9.24. The average Bonchev–Trinajstić information content (AvgIpc) is 2.76. The van der Waals surface area contributed by atoms with E-state index in [9.17, 15) is 22.8 Å². The summed E-state index contributed by atoms with van der Waals surface area (Å²) in [6.45, 7) is 0. The maximum atomic E-state index is 13.3. The van der Waals surface area contributed by atoms with Gasteiger partial charge >= 0.3 is 12.2 Å². The zero-order valence-electron chi connectivity index (χ0n) is 16.3. The Labute approximate surface area is 192 Å². The number of amides is 3. The first-order valence-corrected chi connectivity index (χ1v) is 10.0. The van der Waals surface area contributed by atoms with Crippen LogP contribution in [0.3, 0.4) is 0 Å². The largest absolute Gasteiger partial charge is 0.418 e. The molecule has 3 aromatic carbocycles. The van der Waals surface area contributed by atoms with E-state index in [0.717, 1.165) is 16.4 Å². The van der Waals surface area contributed by atoms with Crippen LogP contribution in [0.5, 0.6) is 0 Å². The highest BCUT2D eigenvalue weighted by atomic mass is 35.5. The monoisotopic (exact) mass is 479 g/mol. The summed E-state index contributed by atoms with van der Waals surface area (Å²) in [6.07, 6.45) is -4.68. The van der Waals surface area contributed by atoms with Gasteiger partial charge in [-0.2, -0.15) is 13.2 Å². The Morgan fingerprint density at radius 3 is 2.03 bits per heavy atom. The Morgan fingerprint density at radius 1 is 0.844 bits per heavy atom. The van der Waals surface area contributed by atoms with Crippen molar-refractivity contribution in [2.75, 3.05) is 10.6 Å². The van der Waals surface area contributed by atoms with Crippen LogP contribution in [0.25, 0.3) is 0 Å². The van der Waals surface area contributed by atoms with E-state index in [2.05, 4.69) is 23.4 Å². The summed E-state index contributed by atoms with van der Waals surface area (Å²) in [4.78, 5) is 25.9. The molecule has 0 fully saturated rings. The van der Waals surface area contributed by atoms with Gasteiger partial charge in [0.25, 0.3) is 5.91 Å². The predicted octanol–water partition coefficient (Wildman–Crippen LogP) is 6.42. The average molecular weight is 480 g/mol. The van der Waals surface area contributed by atoms with E-state index in [1.807, 2.05) is 0 Å². The van der Waals surface area contributed by atoms with Gasteiger partial charge in [-0.25, -0.2) is 4.79 Å². The number of nitrogens with one attached hydrogen (secondary N) is 2. The van der Waals surface area contributed by atoms with Gasteiger partial charge in [0.1, 0.15) is 6.04 Å². The number of urea groups is 1. The molecule has 0 heterocycles. The topological polar surface area (TPSA) is 61.4 Å². The molecular weight excluding hydrogens is 463 g/mol. The Balaban J connectivity index is 1.89. The molecule has 0 aliphatic carbocycles. The number of halogens is 4. The molecule has 2 N–H and O–H groups in total. The van der Waals surface area contributed by atoms with Crippen molar-refractivity contribution in [1.29, 1.82) is 0 Å². The standard InChI is InChI=1S/C22H17ClF3N3O2S/c23-16-11-5-7-13-18(16)27-20(30)19(14-8-2-1-3-9-14)29(32)21(31)28-17-12-6-4-10-15(17)22(24,25)26/h1-13,19,32H,(H,27,30)(H,28,31). The number of para-hydroxylation sites is 2. The smallest absolute Gasteiger partial charge is 0.323 e. The number of thiol groups is 1. The zero-order chi connectivity index (χ0) is 23.3. The molecule has 10 heteroatoms. The highest BCUT2D eigenvalue weighted by molar-refractivity contribution is 7.78. The van der Waals surface area contributed by atoms with Gasteiger partial charge in [0.15, 0.2) is 0 Å². The molecule has 3 aromatic rings. The minimum atomic E-state index is -4.68. The lowest BCUT2D eigenvalue weighted by atomic mass is 10.1. The van der Waals surface area contributed by atoms with Crippen LogP contribution in [0.1, 0.15) is 17.2 Å². The molecule has 0 saturated heterocycles. The SMILES string of the molecule is O=C(Nc1ccccc1Cl)C(c1ccccc1)N(S)C(=O)Nc1ccccc1C(F)(F)F. The second kappa shape index (κ2) is 9.97. The van der Waals surface area contributed by atoms with Gasteiger partial charge in [-0.1, -0.05) is 79.0 Å². The third-order valence-electron chi connectivity index (χ3n) is 4.42.